The molecule has 21 heavy (non-hydrogen) atoms. The second-order valence-electron chi connectivity index (χ2n) is 5.43. The van der Waals surface area contributed by atoms with Gasteiger partial charge < -0.3 is 5.32 Å². The Morgan fingerprint density at radius 1 is 1.33 bits per heavy atom. The standard InChI is InChI=1S/C14H20F2N2O2S/c1-10-7-14(13(16)8-12(10)15)21(19,20)18-6-4-11-3-2-5-17-9-11/h7-8,11,17-18H,2-6,9H2,1H3. The summed E-state index contributed by atoms with van der Waals surface area (Å²) in [5.41, 5.74) is 0.105. The van der Waals surface area contributed by atoms with E-state index in [1.54, 1.807) is 0 Å². The second kappa shape index (κ2) is 6.81. The minimum absolute atomic E-state index is 0.105. The Morgan fingerprint density at radius 3 is 2.76 bits per heavy atom. The highest BCUT2D eigenvalue weighted by atomic mass is 32.2. The fourth-order valence-corrected chi connectivity index (χ4v) is 3.67. The number of nitrogens with one attached hydrogen (secondary N) is 2. The quantitative estimate of drug-likeness (QED) is 0.872. The van der Waals surface area contributed by atoms with Gasteiger partial charge in [-0.15, -0.1) is 0 Å². The van der Waals surface area contributed by atoms with E-state index < -0.39 is 26.6 Å². The van der Waals surface area contributed by atoms with Gasteiger partial charge in [-0.25, -0.2) is 21.9 Å². The van der Waals surface area contributed by atoms with Crippen molar-refractivity contribution in [1.82, 2.24) is 10.0 Å². The predicted octanol–water partition coefficient (Wildman–Crippen LogP) is 1.94. The average molecular weight is 318 g/mol. The van der Waals surface area contributed by atoms with Crippen molar-refractivity contribution in [1.29, 1.82) is 0 Å². The van der Waals surface area contributed by atoms with Crippen LogP contribution in [0, 0.1) is 24.5 Å². The molecule has 2 N–H and O–H groups in total. The summed E-state index contributed by atoms with van der Waals surface area (Å²) in [5, 5.41) is 3.26. The summed E-state index contributed by atoms with van der Waals surface area (Å²) in [4.78, 5) is -0.497. The molecular formula is C14H20F2N2O2S. The fourth-order valence-electron chi connectivity index (χ4n) is 2.48. The first-order chi connectivity index (χ1) is 9.90. The maximum absolute atomic E-state index is 13.6. The normalized spacial score (nSPS) is 19.7. The van der Waals surface area contributed by atoms with Crippen LogP contribution in [0.1, 0.15) is 24.8 Å². The van der Waals surface area contributed by atoms with Crippen LogP contribution in [-0.2, 0) is 10.0 Å². The highest BCUT2D eigenvalue weighted by Gasteiger charge is 2.21. The van der Waals surface area contributed by atoms with Crippen LogP contribution in [0.15, 0.2) is 17.0 Å². The van der Waals surface area contributed by atoms with Crippen LogP contribution in [0.4, 0.5) is 8.78 Å². The van der Waals surface area contributed by atoms with Crippen molar-refractivity contribution in [3.63, 3.8) is 0 Å². The molecule has 1 aromatic carbocycles. The van der Waals surface area contributed by atoms with Crippen molar-refractivity contribution in [3.05, 3.63) is 29.3 Å². The minimum Gasteiger partial charge on any atom is -0.316 e. The van der Waals surface area contributed by atoms with Gasteiger partial charge in [0.1, 0.15) is 16.5 Å². The van der Waals surface area contributed by atoms with Gasteiger partial charge in [0, 0.05) is 12.6 Å². The first-order valence-corrected chi connectivity index (χ1v) is 8.54. The SMILES string of the molecule is Cc1cc(S(=O)(=O)NCCC2CCCNC2)c(F)cc1F. The van der Waals surface area contributed by atoms with E-state index in [0.717, 1.165) is 32.0 Å². The lowest BCUT2D eigenvalue weighted by atomic mass is 9.96. The number of sulfonamides is 1. The molecule has 7 heteroatoms. The number of hydrogen-bond acceptors (Lipinski definition) is 3. The molecule has 2 rings (SSSR count). The number of aryl methyl sites for hydroxylation is 1. The van der Waals surface area contributed by atoms with E-state index in [9.17, 15) is 17.2 Å². The number of benzene rings is 1. The smallest absolute Gasteiger partial charge is 0.243 e. The third kappa shape index (κ3) is 4.21. The third-order valence-electron chi connectivity index (χ3n) is 3.75. The lowest BCUT2D eigenvalue weighted by molar-refractivity contribution is 0.358. The van der Waals surface area contributed by atoms with Crippen molar-refractivity contribution >= 4 is 10.0 Å². The summed E-state index contributed by atoms with van der Waals surface area (Å²) >= 11 is 0. The molecule has 1 aromatic rings. The molecule has 0 spiro atoms. The van der Waals surface area contributed by atoms with Crippen LogP contribution in [0.3, 0.4) is 0 Å². The average Bonchev–Trinajstić information content (AvgIpc) is 2.43. The van der Waals surface area contributed by atoms with Crippen LogP contribution < -0.4 is 10.0 Å². The first kappa shape index (κ1) is 16.3. The van der Waals surface area contributed by atoms with Crippen molar-refractivity contribution in [2.75, 3.05) is 19.6 Å². The molecule has 4 nitrogen and oxygen atoms in total. The van der Waals surface area contributed by atoms with Crippen molar-refractivity contribution < 1.29 is 17.2 Å². The molecule has 0 aromatic heterocycles. The van der Waals surface area contributed by atoms with Crippen LogP contribution in [0.2, 0.25) is 0 Å². The molecule has 0 saturated carbocycles. The third-order valence-corrected chi connectivity index (χ3v) is 5.22. The summed E-state index contributed by atoms with van der Waals surface area (Å²) in [6.45, 7) is 3.54. The van der Waals surface area contributed by atoms with Gasteiger partial charge in [0.15, 0.2) is 0 Å². The van der Waals surface area contributed by atoms with E-state index in [0.29, 0.717) is 18.4 Å². The zero-order chi connectivity index (χ0) is 15.5. The largest absolute Gasteiger partial charge is 0.316 e. The lowest BCUT2D eigenvalue weighted by Crippen LogP contribution is -2.33. The topological polar surface area (TPSA) is 58.2 Å². The van der Waals surface area contributed by atoms with E-state index >= 15 is 0 Å². The monoisotopic (exact) mass is 318 g/mol. The Balaban J connectivity index is 1.99. The zero-order valence-electron chi connectivity index (χ0n) is 12.0. The van der Waals surface area contributed by atoms with Gasteiger partial charge in [-0.05, 0) is 56.8 Å². The number of piperidine rings is 1. The lowest BCUT2D eigenvalue weighted by Gasteiger charge is -2.22. The van der Waals surface area contributed by atoms with Crippen LogP contribution >= 0.6 is 0 Å². The molecule has 0 amide bonds. The predicted molar refractivity (Wildman–Crippen MR) is 76.5 cm³/mol. The molecule has 1 heterocycles. The second-order valence-corrected chi connectivity index (χ2v) is 7.17. The van der Waals surface area contributed by atoms with Crippen LogP contribution in [-0.4, -0.2) is 28.1 Å². The number of rotatable bonds is 5. The molecule has 1 aliphatic rings. The molecule has 0 bridgehead atoms. The molecule has 1 aliphatic heterocycles. The molecular weight excluding hydrogens is 298 g/mol. The summed E-state index contributed by atoms with van der Waals surface area (Å²) in [6, 6.07) is 1.63. The summed E-state index contributed by atoms with van der Waals surface area (Å²) < 4.78 is 53.3. The Bertz CT molecular complexity index is 599. The zero-order valence-corrected chi connectivity index (χ0v) is 12.8. The Labute approximate surface area is 124 Å². The van der Waals surface area contributed by atoms with Crippen LogP contribution in [0.25, 0.3) is 0 Å². The van der Waals surface area contributed by atoms with Gasteiger partial charge >= 0.3 is 0 Å². The summed E-state index contributed by atoms with van der Waals surface area (Å²) in [6.07, 6.45) is 2.86. The highest BCUT2D eigenvalue weighted by Crippen LogP contribution is 2.19. The number of halogens is 2. The van der Waals surface area contributed by atoms with Crippen LogP contribution in [0.5, 0.6) is 0 Å². The molecule has 1 unspecified atom stereocenters. The molecule has 0 radical (unpaired) electrons. The van der Waals surface area contributed by atoms with E-state index in [4.69, 9.17) is 0 Å². The Hall–Kier alpha value is -1.05. The minimum atomic E-state index is -3.94. The van der Waals surface area contributed by atoms with E-state index in [2.05, 4.69) is 10.0 Å². The summed E-state index contributed by atoms with van der Waals surface area (Å²) in [5.74, 6) is -1.38. The molecule has 1 atom stereocenters. The van der Waals surface area contributed by atoms with Crippen molar-refractivity contribution in [2.24, 2.45) is 5.92 Å². The molecule has 1 fully saturated rings. The van der Waals surface area contributed by atoms with Gasteiger partial charge in [0.2, 0.25) is 10.0 Å². The molecule has 118 valence electrons. The maximum Gasteiger partial charge on any atom is 0.243 e. The molecule has 1 saturated heterocycles. The first-order valence-electron chi connectivity index (χ1n) is 7.06. The van der Waals surface area contributed by atoms with Crippen molar-refractivity contribution in [2.45, 2.75) is 31.1 Å². The van der Waals surface area contributed by atoms with E-state index in [1.807, 2.05) is 0 Å². The van der Waals surface area contributed by atoms with Gasteiger partial charge in [0.25, 0.3) is 0 Å². The Morgan fingerprint density at radius 2 is 2.10 bits per heavy atom. The molecule has 0 aliphatic carbocycles. The van der Waals surface area contributed by atoms with Crippen molar-refractivity contribution in [3.8, 4) is 0 Å². The highest BCUT2D eigenvalue weighted by molar-refractivity contribution is 7.89. The number of hydrogen-bond donors (Lipinski definition) is 2. The Kier molecular flexibility index (Phi) is 5.29. The van der Waals surface area contributed by atoms with Gasteiger partial charge in [-0.2, -0.15) is 0 Å². The van der Waals surface area contributed by atoms with Gasteiger partial charge in [0.05, 0.1) is 0 Å². The van der Waals surface area contributed by atoms with Gasteiger partial charge in [-0.1, -0.05) is 0 Å². The van der Waals surface area contributed by atoms with Gasteiger partial charge in [-0.3, -0.25) is 0 Å². The summed E-state index contributed by atoms with van der Waals surface area (Å²) in [7, 11) is -3.94. The maximum atomic E-state index is 13.6. The fraction of sp³-hybridized carbons (Fsp3) is 0.571. The van der Waals surface area contributed by atoms with E-state index in [1.165, 1.54) is 6.92 Å². The van der Waals surface area contributed by atoms with E-state index in [-0.39, 0.29) is 12.1 Å².